The lowest BCUT2D eigenvalue weighted by molar-refractivity contribution is -0.121. The highest BCUT2D eigenvalue weighted by molar-refractivity contribution is 5.78. The number of benzene rings is 1. The van der Waals surface area contributed by atoms with Gasteiger partial charge in [0.25, 0.3) is 0 Å². The zero-order valence-electron chi connectivity index (χ0n) is 14.4. The van der Waals surface area contributed by atoms with Crippen LogP contribution in [0.15, 0.2) is 34.9 Å². The molecule has 1 aromatic carbocycles. The summed E-state index contributed by atoms with van der Waals surface area (Å²) in [5, 5.41) is 7.19. The summed E-state index contributed by atoms with van der Waals surface area (Å²) >= 11 is 0. The van der Waals surface area contributed by atoms with E-state index in [1.165, 1.54) is 5.56 Å². The molecule has 0 spiro atoms. The van der Waals surface area contributed by atoms with E-state index in [1.54, 1.807) is 0 Å². The number of hydrogen-bond acceptors (Lipinski definition) is 4. The number of hydrogen-bond donors (Lipinski definition) is 1. The van der Waals surface area contributed by atoms with Gasteiger partial charge in [-0.15, -0.1) is 0 Å². The fraction of sp³-hybridized carbons (Fsp3) is 0.474. The smallest absolute Gasteiger partial charge is 0.224 e. The largest absolute Gasteiger partial charge is 0.361 e. The highest BCUT2D eigenvalue weighted by atomic mass is 16.5. The molecule has 128 valence electrons. The molecule has 0 bridgehead atoms. The first-order valence-electron chi connectivity index (χ1n) is 8.59. The van der Waals surface area contributed by atoms with Gasteiger partial charge in [-0.25, -0.2) is 0 Å². The number of likely N-dealkylation sites (tertiary alicyclic amines) is 1. The van der Waals surface area contributed by atoms with Crippen LogP contribution in [0.4, 0.5) is 0 Å². The molecule has 0 unspecified atom stereocenters. The number of carbonyl (C=O) groups excluding carboxylic acids is 1. The third kappa shape index (κ3) is 4.23. The molecular formula is C19H25N3O2. The molecule has 24 heavy (non-hydrogen) atoms. The summed E-state index contributed by atoms with van der Waals surface area (Å²) < 4.78 is 5.23. The standard InChI is InChI=1S/C19H25N3O2/c1-14-18(15(2)24-21-14)13-22-10-8-17(9-11-22)20-19(23)12-16-6-4-3-5-7-16/h3-7,17H,8-13H2,1-2H3,(H,20,23). The maximum atomic E-state index is 12.2. The Morgan fingerprint density at radius 2 is 1.96 bits per heavy atom. The van der Waals surface area contributed by atoms with Crippen LogP contribution in [0.1, 0.15) is 35.4 Å². The number of rotatable bonds is 5. The highest BCUT2D eigenvalue weighted by Crippen LogP contribution is 2.18. The summed E-state index contributed by atoms with van der Waals surface area (Å²) in [7, 11) is 0. The number of nitrogens with zero attached hydrogens (tertiary/aromatic N) is 2. The van der Waals surface area contributed by atoms with E-state index in [2.05, 4.69) is 15.4 Å². The van der Waals surface area contributed by atoms with Gasteiger partial charge in [-0.05, 0) is 32.3 Å². The van der Waals surface area contributed by atoms with Crippen molar-refractivity contribution in [3.63, 3.8) is 0 Å². The number of aryl methyl sites for hydroxylation is 2. The normalized spacial score (nSPS) is 16.2. The van der Waals surface area contributed by atoms with E-state index >= 15 is 0 Å². The average molecular weight is 327 g/mol. The van der Waals surface area contributed by atoms with Gasteiger partial charge in [-0.1, -0.05) is 35.5 Å². The van der Waals surface area contributed by atoms with Crippen LogP contribution in [0, 0.1) is 13.8 Å². The molecule has 0 radical (unpaired) electrons. The molecule has 5 nitrogen and oxygen atoms in total. The number of carbonyl (C=O) groups is 1. The van der Waals surface area contributed by atoms with Crippen molar-refractivity contribution in [1.82, 2.24) is 15.4 Å². The Labute approximate surface area is 143 Å². The minimum atomic E-state index is 0.116. The second-order valence-corrected chi connectivity index (χ2v) is 6.58. The maximum Gasteiger partial charge on any atom is 0.224 e. The minimum Gasteiger partial charge on any atom is -0.361 e. The molecule has 1 aromatic heterocycles. The van der Waals surface area contributed by atoms with Crippen LogP contribution in [-0.4, -0.2) is 35.1 Å². The van der Waals surface area contributed by atoms with E-state index in [-0.39, 0.29) is 11.9 Å². The molecule has 2 heterocycles. The second kappa shape index (κ2) is 7.62. The SMILES string of the molecule is Cc1noc(C)c1CN1CCC(NC(=O)Cc2ccccc2)CC1. The van der Waals surface area contributed by atoms with Gasteiger partial charge >= 0.3 is 0 Å². The Morgan fingerprint density at radius 1 is 1.25 bits per heavy atom. The van der Waals surface area contributed by atoms with Gasteiger partial charge in [0.1, 0.15) is 5.76 Å². The molecule has 0 saturated carbocycles. The zero-order chi connectivity index (χ0) is 16.9. The van der Waals surface area contributed by atoms with Crippen molar-refractivity contribution in [3.8, 4) is 0 Å². The van der Waals surface area contributed by atoms with Crippen LogP contribution < -0.4 is 5.32 Å². The number of nitrogens with one attached hydrogen (secondary N) is 1. The van der Waals surface area contributed by atoms with Crippen molar-refractivity contribution in [2.24, 2.45) is 0 Å². The lowest BCUT2D eigenvalue weighted by atomic mass is 10.0. The monoisotopic (exact) mass is 327 g/mol. The Morgan fingerprint density at radius 3 is 2.58 bits per heavy atom. The Bertz CT molecular complexity index is 654. The summed E-state index contributed by atoms with van der Waals surface area (Å²) in [5.41, 5.74) is 3.23. The Balaban J connectivity index is 1.44. The lowest BCUT2D eigenvalue weighted by Gasteiger charge is -2.32. The molecule has 1 aliphatic rings. The predicted octanol–water partition coefficient (Wildman–Crippen LogP) is 2.61. The third-order valence-electron chi connectivity index (χ3n) is 4.72. The molecule has 0 aliphatic carbocycles. The maximum absolute atomic E-state index is 12.2. The van der Waals surface area contributed by atoms with Gasteiger partial charge in [0.05, 0.1) is 12.1 Å². The van der Waals surface area contributed by atoms with Crippen molar-refractivity contribution in [2.75, 3.05) is 13.1 Å². The highest BCUT2D eigenvalue weighted by Gasteiger charge is 2.22. The van der Waals surface area contributed by atoms with Gasteiger partial charge < -0.3 is 9.84 Å². The summed E-state index contributed by atoms with van der Waals surface area (Å²) in [4.78, 5) is 14.6. The molecule has 1 saturated heterocycles. The van der Waals surface area contributed by atoms with Crippen molar-refractivity contribution < 1.29 is 9.32 Å². The number of amides is 1. The number of aromatic nitrogens is 1. The minimum absolute atomic E-state index is 0.116. The second-order valence-electron chi connectivity index (χ2n) is 6.58. The van der Waals surface area contributed by atoms with E-state index in [1.807, 2.05) is 44.2 Å². The Hall–Kier alpha value is -2.14. The summed E-state index contributed by atoms with van der Waals surface area (Å²) in [6.45, 7) is 6.81. The van der Waals surface area contributed by atoms with Gasteiger partial charge in [0.2, 0.25) is 5.91 Å². The van der Waals surface area contributed by atoms with Crippen molar-refractivity contribution >= 4 is 5.91 Å². The average Bonchev–Trinajstić information content (AvgIpc) is 2.89. The van der Waals surface area contributed by atoms with Crippen molar-refractivity contribution in [2.45, 2.75) is 45.7 Å². The van der Waals surface area contributed by atoms with Gasteiger partial charge in [0.15, 0.2) is 0 Å². The van der Waals surface area contributed by atoms with Crippen LogP contribution in [0.2, 0.25) is 0 Å². The van der Waals surface area contributed by atoms with E-state index in [0.717, 1.165) is 49.5 Å². The summed E-state index contributed by atoms with van der Waals surface area (Å²) in [6.07, 6.45) is 2.44. The fourth-order valence-corrected chi connectivity index (χ4v) is 3.25. The molecule has 0 atom stereocenters. The van der Waals surface area contributed by atoms with Crippen LogP contribution in [0.25, 0.3) is 0 Å². The molecule has 2 aromatic rings. The zero-order valence-corrected chi connectivity index (χ0v) is 14.4. The molecule has 1 aliphatic heterocycles. The van der Waals surface area contributed by atoms with Crippen LogP contribution in [0.3, 0.4) is 0 Å². The topological polar surface area (TPSA) is 58.4 Å². The molecule has 1 N–H and O–H groups in total. The molecular weight excluding hydrogens is 302 g/mol. The van der Waals surface area contributed by atoms with Crippen LogP contribution in [-0.2, 0) is 17.8 Å². The molecule has 5 heteroatoms. The summed E-state index contributed by atoms with van der Waals surface area (Å²) in [5.74, 6) is 1.02. The molecule has 1 fully saturated rings. The molecule has 3 rings (SSSR count). The van der Waals surface area contributed by atoms with Crippen molar-refractivity contribution in [3.05, 3.63) is 52.9 Å². The Kier molecular flexibility index (Phi) is 5.30. The number of piperidine rings is 1. The van der Waals surface area contributed by atoms with Gasteiger partial charge in [-0.3, -0.25) is 9.69 Å². The fourth-order valence-electron chi connectivity index (χ4n) is 3.25. The molecule has 1 amide bonds. The first-order valence-corrected chi connectivity index (χ1v) is 8.59. The lowest BCUT2D eigenvalue weighted by Crippen LogP contribution is -2.44. The van der Waals surface area contributed by atoms with Crippen LogP contribution in [0.5, 0.6) is 0 Å². The first kappa shape index (κ1) is 16.7. The summed E-state index contributed by atoms with van der Waals surface area (Å²) in [6, 6.07) is 10.2. The van der Waals surface area contributed by atoms with Crippen molar-refractivity contribution in [1.29, 1.82) is 0 Å². The van der Waals surface area contributed by atoms with E-state index < -0.39 is 0 Å². The van der Waals surface area contributed by atoms with Gasteiger partial charge in [0, 0.05) is 31.2 Å². The van der Waals surface area contributed by atoms with Crippen LogP contribution >= 0.6 is 0 Å². The quantitative estimate of drug-likeness (QED) is 0.917. The van der Waals surface area contributed by atoms with E-state index in [4.69, 9.17) is 4.52 Å². The third-order valence-corrected chi connectivity index (χ3v) is 4.72. The van der Waals surface area contributed by atoms with E-state index in [9.17, 15) is 4.79 Å². The van der Waals surface area contributed by atoms with E-state index in [0.29, 0.717) is 6.42 Å². The first-order chi connectivity index (χ1) is 11.6. The predicted molar refractivity (Wildman–Crippen MR) is 92.6 cm³/mol. The van der Waals surface area contributed by atoms with Gasteiger partial charge in [-0.2, -0.15) is 0 Å².